The fraction of sp³-hybridized carbons (Fsp3) is 0.0769. The van der Waals surface area contributed by atoms with Gasteiger partial charge in [0.2, 0.25) is 5.91 Å². The van der Waals surface area contributed by atoms with Gasteiger partial charge in [0.05, 0.1) is 13.4 Å². The normalized spacial score (nSPS) is 10.8. The molecule has 7 nitrogen and oxygen atoms in total. The summed E-state index contributed by atoms with van der Waals surface area (Å²) in [4.78, 5) is 16.5. The third-order valence-electron chi connectivity index (χ3n) is 4.94. The fourth-order valence-corrected chi connectivity index (χ4v) is 3.21. The van der Waals surface area contributed by atoms with Crippen LogP contribution in [0.2, 0.25) is 0 Å². The van der Waals surface area contributed by atoms with Gasteiger partial charge in [-0.05, 0) is 54.1 Å². The quantitative estimate of drug-likeness (QED) is 0.383. The Bertz CT molecular complexity index is 1250. The number of aromatic nitrogens is 2. The van der Waals surface area contributed by atoms with Crippen LogP contribution in [0.1, 0.15) is 11.1 Å². The molecule has 0 saturated heterocycles. The molecule has 0 aliphatic rings. The number of carbonyl (C=O) groups is 1. The van der Waals surface area contributed by atoms with E-state index in [2.05, 4.69) is 10.3 Å². The lowest BCUT2D eigenvalue weighted by atomic mass is 10.1. The zero-order valence-electron chi connectivity index (χ0n) is 18.0. The third kappa shape index (κ3) is 5.59. The summed E-state index contributed by atoms with van der Waals surface area (Å²) in [5, 5.41) is 12.7. The Labute approximate surface area is 191 Å². The van der Waals surface area contributed by atoms with Crippen molar-refractivity contribution in [3.05, 3.63) is 103 Å². The highest BCUT2D eigenvalue weighted by molar-refractivity contribution is 6.02. The van der Waals surface area contributed by atoms with Crippen LogP contribution in [0.25, 0.3) is 11.8 Å². The van der Waals surface area contributed by atoms with Gasteiger partial charge in [-0.3, -0.25) is 4.79 Å². The fourth-order valence-electron chi connectivity index (χ4n) is 3.21. The Hall–Kier alpha value is -4.52. The van der Waals surface area contributed by atoms with Crippen molar-refractivity contribution < 1.29 is 19.4 Å². The molecule has 4 rings (SSSR count). The number of methoxy groups -OCH3 is 1. The number of nitrogens with zero attached hydrogens (tertiary/aromatic N) is 2. The first-order valence-electron chi connectivity index (χ1n) is 10.3. The van der Waals surface area contributed by atoms with Gasteiger partial charge in [0.15, 0.2) is 11.5 Å². The summed E-state index contributed by atoms with van der Waals surface area (Å²) in [7, 11) is 1.48. The molecule has 2 N–H and O–H groups in total. The Morgan fingerprint density at radius 2 is 1.94 bits per heavy atom. The molecule has 0 aliphatic heterocycles. The smallest absolute Gasteiger partial charge is 0.248 e. The van der Waals surface area contributed by atoms with E-state index in [0.29, 0.717) is 23.6 Å². The zero-order chi connectivity index (χ0) is 23.0. The molecule has 0 fully saturated rings. The van der Waals surface area contributed by atoms with Gasteiger partial charge in [-0.2, -0.15) is 0 Å². The number of rotatable bonds is 8. The summed E-state index contributed by atoms with van der Waals surface area (Å²) in [6.45, 7) is 0.303. The minimum Gasteiger partial charge on any atom is -0.504 e. The predicted molar refractivity (Wildman–Crippen MR) is 127 cm³/mol. The lowest BCUT2D eigenvalue weighted by Gasteiger charge is -2.12. The van der Waals surface area contributed by atoms with Crippen LogP contribution in [-0.4, -0.2) is 27.7 Å². The number of aromatic hydroxyl groups is 1. The minimum atomic E-state index is -0.289. The van der Waals surface area contributed by atoms with Crippen molar-refractivity contribution in [3.8, 4) is 22.9 Å². The Morgan fingerprint density at radius 3 is 2.67 bits per heavy atom. The van der Waals surface area contributed by atoms with Crippen LogP contribution < -0.4 is 14.8 Å². The summed E-state index contributed by atoms with van der Waals surface area (Å²) in [5.74, 6) is 0.823. The van der Waals surface area contributed by atoms with Crippen LogP contribution in [0.15, 0.2) is 91.5 Å². The van der Waals surface area contributed by atoms with E-state index < -0.39 is 0 Å². The molecule has 0 atom stereocenters. The highest BCUT2D eigenvalue weighted by Gasteiger charge is 2.07. The number of anilines is 1. The summed E-state index contributed by atoms with van der Waals surface area (Å²) in [6, 6.07) is 20.1. The van der Waals surface area contributed by atoms with Crippen molar-refractivity contribution in [1.82, 2.24) is 9.55 Å². The predicted octanol–water partition coefficient (Wildman–Crippen LogP) is 4.82. The second-order valence-electron chi connectivity index (χ2n) is 7.16. The Balaban J connectivity index is 1.38. The number of nitrogens with one attached hydrogen (secondary N) is 1. The Kier molecular flexibility index (Phi) is 6.70. The SMILES string of the molecule is COc1ccc(C=CC(=O)Nc2ccccc2COc2ccc(-n3ccnc3)cc2)cc1O. The maximum Gasteiger partial charge on any atom is 0.248 e. The van der Waals surface area contributed by atoms with E-state index in [-0.39, 0.29) is 11.7 Å². The zero-order valence-corrected chi connectivity index (χ0v) is 18.0. The first kappa shape index (κ1) is 21.7. The number of imidazole rings is 1. The van der Waals surface area contributed by atoms with Gasteiger partial charge in [-0.1, -0.05) is 24.3 Å². The molecule has 0 radical (unpaired) electrons. The van der Waals surface area contributed by atoms with E-state index in [0.717, 1.165) is 17.0 Å². The topological polar surface area (TPSA) is 85.6 Å². The number of phenols is 1. The van der Waals surface area contributed by atoms with Gasteiger partial charge in [-0.25, -0.2) is 4.98 Å². The number of amides is 1. The number of ether oxygens (including phenoxy) is 2. The first-order valence-corrected chi connectivity index (χ1v) is 10.3. The van der Waals surface area contributed by atoms with Gasteiger partial charge in [-0.15, -0.1) is 0 Å². The van der Waals surface area contributed by atoms with Crippen molar-refractivity contribution >= 4 is 17.7 Å². The lowest BCUT2D eigenvalue weighted by molar-refractivity contribution is -0.111. The molecule has 0 bridgehead atoms. The number of phenolic OH excluding ortho intramolecular Hbond substituents is 1. The first-order chi connectivity index (χ1) is 16.1. The van der Waals surface area contributed by atoms with Gasteiger partial charge >= 0.3 is 0 Å². The number of benzene rings is 3. The molecule has 33 heavy (non-hydrogen) atoms. The maximum atomic E-state index is 12.4. The molecule has 0 aliphatic carbocycles. The van der Waals surface area contributed by atoms with E-state index in [1.54, 1.807) is 30.7 Å². The number of hydrogen-bond donors (Lipinski definition) is 2. The van der Waals surface area contributed by atoms with E-state index in [1.165, 1.54) is 19.3 Å². The largest absolute Gasteiger partial charge is 0.504 e. The molecule has 166 valence electrons. The maximum absolute atomic E-state index is 12.4. The van der Waals surface area contributed by atoms with Gasteiger partial charge in [0, 0.05) is 35.4 Å². The number of para-hydroxylation sites is 1. The van der Waals surface area contributed by atoms with Crippen molar-refractivity contribution in [1.29, 1.82) is 0 Å². The van der Waals surface area contributed by atoms with Gasteiger partial charge in [0.25, 0.3) is 0 Å². The van der Waals surface area contributed by atoms with E-state index in [4.69, 9.17) is 9.47 Å². The second kappa shape index (κ2) is 10.2. The van der Waals surface area contributed by atoms with Crippen molar-refractivity contribution in [2.24, 2.45) is 0 Å². The summed E-state index contributed by atoms with van der Waals surface area (Å²) < 4.78 is 12.9. The average molecular weight is 441 g/mol. The lowest BCUT2D eigenvalue weighted by Crippen LogP contribution is -2.10. The number of carbonyl (C=O) groups excluding carboxylic acids is 1. The van der Waals surface area contributed by atoms with Crippen LogP contribution in [-0.2, 0) is 11.4 Å². The van der Waals surface area contributed by atoms with Crippen LogP contribution in [0.5, 0.6) is 17.2 Å². The summed E-state index contributed by atoms with van der Waals surface area (Å²) in [6.07, 6.45) is 8.37. The highest BCUT2D eigenvalue weighted by atomic mass is 16.5. The summed E-state index contributed by atoms with van der Waals surface area (Å²) >= 11 is 0. The monoisotopic (exact) mass is 441 g/mol. The van der Waals surface area contributed by atoms with Crippen LogP contribution >= 0.6 is 0 Å². The minimum absolute atomic E-state index is 0.0145. The molecule has 0 spiro atoms. The second-order valence-corrected chi connectivity index (χ2v) is 7.16. The molecule has 4 aromatic rings. The van der Waals surface area contributed by atoms with Crippen molar-refractivity contribution in [2.45, 2.75) is 6.61 Å². The molecule has 7 heteroatoms. The van der Waals surface area contributed by atoms with E-state index >= 15 is 0 Å². The van der Waals surface area contributed by atoms with Crippen LogP contribution in [0.3, 0.4) is 0 Å². The molecule has 0 unspecified atom stereocenters. The standard InChI is InChI=1S/C26H23N3O4/c1-32-25-12-6-19(16-24(25)30)7-13-26(31)28-23-5-3-2-4-20(23)17-33-22-10-8-21(9-11-22)29-15-14-27-18-29/h2-16,18,30H,17H2,1H3,(H,28,31). The molecule has 3 aromatic carbocycles. The highest BCUT2D eigenvalue weighted by Crippen LogP contribution is 2.26. The third-order valence-corrected chi connectivity index (χ3v) is 4.94. The van der Waals surface area contributed by atoms with E-state index in [1.807, 2.05) is 59.3 Å². The van der Waals surface area contributed by atoms with Crippen molar-refractivity contribution in [3.63, 3.8) is 0 Å². The molecule has 1 amide bonds. The van der Waals surface area contributed by atoms with Crippen molar-refractivity contribution in [2.75, 3.05) is 12.4 Å². The van der Waals surface area contributed by atoms with Crippen LogP contribution in [0.4, 0.5) is 5.69 Å². The van der Waals surface area contributed by atoms with Gasteiger partial charge < -0.3 is 24.5 Å². The van der Waals surface area contributed by atoms with Gasteiger partial charge in [0.1, 0.15) is 12.4 Å². The molecular weight excluding hydrogens is 418 g/mol. The summed E-state index contributed by atoms with van der Waals surface area (Å²) in [5.41, 5.74) is 3.18. The van der Waals surface area contributed by atoms with Crippen LogP contribution in [0, 0.1) is 0 Å². The molecule has 0 saturated carbocycles. The number of hydrogen-bond acceptors (Lipinski definition) is 5. The Morgan fingerprint density at radius 1 is 1.12 bits per heavy atom. The van der Waals surface area contributed by atoms with E-state index in [9.17, 15) is 9.90 Å². The average Bonchev–Trinajstić information content (AvgIpc) is 3.38. The molecule has 1 heterocycles. The molecule has 1 aromatic heterocycles. The molecular formula is C26H23N3O4.